The summed E-state index contributed by atoms with van der Waals surface area (Å²) in [7, 11) is 0. The number of rotatable bonds is 0. The first-order chi connectivity index (χ1) is 7.39. The van der Waals surface area contributed by atoms with Gasteiger partial charge in [-0.05, 0) is 18.6 Å². The van der Waals surface area contributed by atoms with Crippen LogP contribution >= 0.6 is 0 Å². The molecule has 0 aliphatic carbocycles. The van der Waals surface area contributed by atoms with Crippen LogP contribution in [0, 0.1) is 6.92 Å². The Balaban J connectivity index is 2.80. The van der Waals surface area contributed by atoms with E-state index in [1.807, 2.05) is 25.1 Å². The lowest BCUT2D eigenvalue weighted by molar-refractivity contribution is 0.440. The average Bonchev–Trinajstić information content (AvgIpc) is 2.15. The van der Waals surface area contributed by atoms with E-state index in [0.29, 0.717) is 0 Å². The van der Waals surface area contributed by atoms with Gasteiger partial charge >= 0.3 is 0 Å². The fraction of sp³-hybridized carbons (Fsp3) is 0.357. The van der Waals surface area contributed by atoms with Gasteiger partial charge in [0.2, 0.25) is 0 Å². The molecule has 0 bridgehead atoms. The van der Waals surface area contributed by atoms with E-state index in [4.69, 9.17) is 0 Å². The molecule has 2 nitrogen and oxygen atoms in total. The number of benzene rings is 1. The van der Waals surface area contributed by atoms with Gasteiger partial charge in [-0.25, -0.2) is 4.98 Å². The highest BCUT2D eigenvalue weighted by atomic mass is 16.3. The molecule has 0 aliphatic heterocycles. The van der Waals surface area contributed by atoms with E-state index in [1.165, 1.54) is 0 Å². The van der Waals surface area contributed by atoms with E-state index in [1.54, 1.807) is 6.07 Å². The van der Waals surface area contributed by atoms with Crippen LogP contribution in [0.4, 0.5) is 0 Å². The molecule has 2 heteroatoms. The molecule has 2 rings (SSSR count). The molecule has 0 atom stereocenters. The van der Waals surface area contributed by atoms with Gasteiger partial charge in [-0.1, -0.05) is 39.0 Å². The molecule has 1 heterocycles. The standard InChI is InChI=1S/C14H17NO/c1-9-6-5-7-10-8-11(16)13(14(2,3)4)15-12(9)10/h5-8,16H,1-4H3. The van der Waals surface area contributed by atoms with Gasteiger partial charge < -0.3 is 5.11 Å². The number of hydrogen-bond donors (Lipinski definition) is 1. The van der Waals surface area contributed by atoms with Gasteiger partial charge in [-0.2, -0.15) is 0 Å². The van der Waals surface area contributed by atoms with Crippen LogP contribution in [-0.2, 0) is 5.41 Å². The van der Waals surface area contributed by atoms with Gasteiger partial charge in [0.1, 0.15) is 5.75 Å². The number of aryl methyl sites for hydroxylation is 1. The Morgan fingerprint density at radius 2 is 1.88 bits per heavy atom. The maximum Gasteiger partial charge on any atom is 0.138 e. The van der Waals surface area contributed by atoms with Crippen LogP contribution in [0.1, 0.15) is 32.0 Å². The fourth-order valence-corrected chi connectivity index (χ4v) is 1.89. The van der Waals surface area contributed by atoms with E-state index < -0.39 is 0 Å². The zero-order valence-corrected chi connectivity index (χ0v) is 10.2. The number of fused-ring (bicyclic) bond motifs is 1. The van der Waals surface area contributed by atoms with Crippen LogP contribution in [0.2, 0.25) is 0 Å². The zero-order chi connectivity index (χ0) is 11.9. The quantitative estimate of drug-likeness (QED) is 0.729. The molecule has 0 fully saturated rings. The van der Waals surface area contributed by atoms with E-state index in [2.05, 4.69) is 25.8 Å². The summed E-state index contributed by atoms with van der Waals surface area (Å²) in [5.74, 6) is 0.283. The highest BCUT2D eigenvalue weighted by Crippen LogP contribution is 2.32. The first-order valence-electron chi connectivity index (χ1n) is 5.49. The number of aromatic nitrogens is 1. The monoisotopic (exact) mass is 215 g/mol. The summed E-state index contributed by atoms with van der Waals surface area (Å²) in [6, 6.07) is 7.80. The lowest BCUT2D eigenvalue weighted by Gasteiger charge is -2.19. The Kier molecular flexibility index (Phi) is 2.38. The summed E-state index contributed by atoms with van der Waals surface area (Å²) in [5, 5.41) is 11.0. The topological polar surface area (TPSA) is 33.1 Å². The molecule has 0 radical (unpaired) electrons. The Labute approximate surface area is 96.0 Å². The number of aromatic hydroxyl groups is 1. The molecule has 0 amide bonds. The lowest BCUT2D eigenvalue weighted by atomic mass is 9.90. The summed E-state index contributed by atoms with van der Waals surface area (Å²) < 4.78 is 0. The highest BCUT2D eigenvalue weighted by Gasteiger charge is 2.20. The maximum atomic E-state index is 9.97. The summed E-state index contributed by atoms with van der Waals surface area (Å²) in [5.41, 5.74) is 2.74. The van der Waals surface area contributed by atoms with Crippen LogP contribution in [0.15, 0.2) is 24.3 Å². The second kappa shape index (κ2) is 3.48. The smallest absolute Gasteiger partial charge is 0.138 e. The van der Waals surface area contributed by atoms with Crippen LogP contribution in [-0.4, -0.2) is 10.1 Å². The van der Waals surface area contributed by atoms with Crippen molar-refractivity contribution in [3.63, 3.8) is 0 Å². The molecule has 0 saturated heterocycles. The van der Waals surface area contributed by atoms with Crippen molar-refractivity contribution in [3.8, 4) is 5.75 Å². The maximum absolute atomic E-state index is 9.97. The first kappa shape index (κ1) is 10.9. The molecule has 1 N–H and O–H groups in total. The van der Waals surface area contributed by atoms with Gasteiger partial charge in [0.25, 0.3) is 0 Å². The molecule has 1 aromatic carbocycles. The minimum Gasteiger partial charge on any atom is -0.506 e. The molecular weight excluding hydrogens is 198 g/mol. The molecule has 84 valence electrons. The molecule has 0 spiro atoms. The van der Waals surface area contributed by atoms with Crippen LogP contribution in [0.25, 0.3) is 10.9 Å². The van der Waals surface area contributed by atoms with Gasteiger partial charge in [-0.15, -0.1) is 0 Å². The Morgan fingerprint density at radius 1 is 1.19 bits per heavy atom. The third-order valence-corrected chi connectivity index (χ3v) is 2.74. The number of hydrogen-bond acceptors (Lipinski definition) is 2. The van der Waals surface area contributed by atoms with Gasteiger partial charge in [0, 0.05) is 10.8 Å². The van der Waals surface area contributed by atoms with Crippen molar-refractivity contribution in [1.29, 1.82) is 0 Å². The molecule has 2 aromatic rings. The normalized spacial score (nSPS) is 12.0. The molecule has 0 aliphatic rings. The van der Waals surface area contributed by atoms with Crippen LogP contribution in [0.3, 0.4) is 0 Å². The summed E-state index contributed by atoms with van der Waals surface area (Å²) in [6.45, 7) is 8.20. The third kappa shape index (κ3) is 1.75. The van der Waals surface area contributed by atoms with Crippen molar-refractivity contribution in [2.24, 2.45) is 0 Å². The molecule has 16 heavy (non-hydrogen) atoms. The zero-order valence-electron chi connectivity index (χ0n) is 10.2. The van der Waals surface area contributed by atoms with Crippen molar-refractivity contribution in [2.75, 3.05) is 0 Å². The van der Waals surface area contributed by atoms with Gasteiger partial charge in [-0.3, -0.25) is 0 Å². The predicted molar refractivity (Wildman–Crippen MR) is 66.8 cm³/mol. The summed E-state index contributed by atoms with van der Waals surface area (Å²) in [4.78, 5) is 4.60. The van der Waals surface area contributed by atoms with Crippen LogP contribution < -0.4 is 0 Å². The minimum atomic E-state index is -0.138. The summed E-state index contributed by atoms with van der Waals surface area (Å²) in [6.07, 6.45) is 0. The Hall–Kier alpha value is -1.57. The summed E-state index contributed by atoms with van der Waals surface area (Å²) >= 11 is 0. The van der Waals surface area contributed by atoms with E-state index >= 15 is 0 Å². The molecule has 0 saturated carbocycles. The van der Waals surface area contributed by atoms with Crippen molar-refractivity contribution in [3.05, 3.63) is 35.5 Å². The van der Waals surface area contributed by atoms with Gasteiger partial charge in [0.05, 0.1) is 11.2 Å². The van der Waals surface area contributed by atoms with Crippen LogP contribution in [0.5, 0.6) is 5.75 Å². The third-order valence-electron chi connectivity index (χ3n) is 2.74. The van der Waals surface area contributed by atoms with E-state index in [-0.39, 0.29) is 11.2 Å². The van der Waals surface area contributed by atoms with Crippen molar-refractivity contribution in [1.82, 2.24) is 4.98 Å². The highest BCUT2D eigenvalue weighted by molar-refractivity contribution is 5.83. The van der Waals surface area contributed by atoms with Gasteiger partial charge in [0.15, 0.2) is 0 Å². The second-order valence-electron chi connectivity index (χ2n) is 5.25. The Bertz CT molecular complexity index is 538. The fourth-order valence-electron chi connectivity index (χ4n) is 1.89. The number of para-hydroxylation sites is 1. The largest absolute Gasteiger partial charge is 0.506 e. The second-order valence-corrected chi connectivity index (χ2v) is 5.25. The van der Waals surface area contributed by atoms with Crippen molar-refractivity contribution in [2.45, 2.75) is 33.1 Å². The SMILES string of the molecule is Cc1cccc2cc(O)c(C(C)(C)C)nc12. The van der Waals surface area contributed by atoms with Crippen molar-refractivity contribution >= 4 is 10.9 Å². The predicted octanol–water partition coefficient (Wildman–Crippen LogP) is 3.55. The van der Waals surface area contributed by atoms with Crippen molar-refractivity contribution < 1.29 is 5.11 Å². The molecule has 0 unspecified atom stereocenters. The Morgan fingerprint density at radius 3 is 2.50 bits per heavy atom. The number of pyridine rings is 1. The molecule has 1 aromatic heterocycles. The number of nitrogens with zero attached hydrogens (tertiary/aromatic N) is 1. The average molecular weight is 215 g/mol. The lowest BCUT2D eigenvalue weighted by Crippen LogP contribution is -2.13. The first-order valence-corrected chi connectivity index (χ1v) is 5.49. The molecular formula is C14H17NO. The minimum absolute atomic E-state index is 0.138. The van der Waals surface area contributed by atoms with E-state index in [0.717, 1.165) is 22.2 Å². The van der Waals surface area contributed by atoms with E-state index in [9.17, 15) is 5.11 Å².